The van der Waals surface area contributed by atoms with Crippen LogP contribution in [-0.4, -0.2) is 32.6 Å². The van der Waals surface area contributed by atoms with Crippen LogP contribution in [0.15, 0.2) is 51.8 Å². The van der Waals surface area contributed by atoms with Gasteiger partial charge in [-0.15, -0.1) is 0 Å². The summed E-state index contributed by atoms with van der Waals surface area (Å²) in [5.74, 6) is 1.43. The first-order valence-electron chi connectivity index (χ1n) is 9.18. The number of ether oxygens (including phenoxy) is 1. The summed E-state index contributed by atoms with van der Waals surface area (Å²) >= 11 is 0. The fourth-order valence-corrected chi connectivity index (χ4v) is 2.89. The van der Waals surface area contributed by atoms with Gasteiger partial charge in [0.2, 0.25) is 17.6 Å². The normalized spacial score (nSPS) is 10.9. The van der Waals surface area contributed by atoms with E-state index in [9.17, 15) is 9.59 Å². The Morgan fingerprint density at radius 1 is 1.14 bits per heavy atom. The number of aromatic amines is 2. The van der Waals surface area contributed by atoms with Crippen LogP contribution in [-0.2, 0) is 11.2 Å². The van der Waals surface area contributed by atoms with Crippen LogP contribution in [0.25, 0.3) is 22.4 Å². The van der Waals surface area contributed by atoms with E-state index < -0.39 is 0 Å². The molecule has 0 saturated carbocycles. The molecule has 1 amide bonds. The summed E-state index contributed by atoms with van der Waals surface area (Å²) < 4.78 is 10.7. The maximum absolute atomic E-state index is 12.2. The molecule has 9 nitrogen and oxygen atoms in total. The van der Waals surface area contributed by atoms with Crippen LogP contribution < -0.4 is 15.7 Å². The second-order valence-corrected chi connectivity index (χ2v) is 6.36. The fraction of sp³-hybridized carbons (Fsp3) is 0.200. The summed E-state index contributed by atoms with van der Waals surface area (Å²) in [6, 6.07) is 12.5. The molecule has 9 heteroatoms. The van der Waals surface area contributed by atoms with E-state index in [0.29, 0.717) is 41.5 Å². The topological polar surface area (TPSA) is 126 Å². The standard InChI is InChI=1S/C20H19N5O4/c1-2-28-14-6-3-12(4-7-14)19-24-18(29-25-19)10-9-17(26)21-13-5-8-15-16(11-13)23-20(27)22-15/h3-8,11H,2,9-10H2,1H3,(H,21,26)(H2,22,23,27). The summed E-state index contributed by atoms with van der Waals surface area (Å²) in [5, 5.41) is 6.76. The molecule has 4 aromatic rings. The maximum Gasteiger partial charge on any atom is 0.323 e. The van der Waals surface area contributed by atoms with Crippen LogP contribution in [0.3, 0.4) is 0 Å². The number of amides is 1. The van der Waals surface area contributed by atoms with E-state index in [2.05, 4.69) is 25.4 Å². The van der Waals surface area contributed by atoms with Gasteiger partial charge in [0, 0.05) is 24.1 Å². The van der Waals surface area contributed by atoms with Crippen LogP contribution in [0, 0.1) is 0 Å². The molecule has 0 atom stereocenters. The quantitative estimate of drug-likeness (QED) is 0.443. The van der Waals surface area contributed by atoms with Crippen molar-refractivity contribution in [2.45, 2.75) is 19.8 Å². The largest absolute Gasteiger partial charge is 0.494 e. The Kier molecular flexibility index (Phi) is 5.10. The van der Waals surface area contributed by atoms with Crippen molar-refractivity contribution in [2.75, 3.05) is 11.9 Å². The van der Waals surface area contributed by atoms with Crippen molar-refractivity contribution >= 4 is 22.6 Å². The van der Waals surface area contributed by atoms with Crippen LogP contribution in [0.1, 0.15) is 19.2 Å². The lowest BCUT2D eigenvalue weighted by molar-refractivity contribution is -0.116. The third-order valence-corrected chi connectivity index (χ3v) is 4.26. The van der Waals surface area contributed by atoms with Gasteiger partial charge in [-0.3, -0.25) is 4.79 Å². The third kappa shape index (κ3) is 4.34. The molecule has 2 aromatic carbocycles. The molecule has 29 heavy (non-hydrogen) atoms. The number of nitrogens with zero attached hydrogens (tertiary/aromatic N) is 2. The summed E-state index contributed by atoms with van der Waals surface area (Å²) in [5.41, 5.74) is 2.42. The van der Waals surface area contributed by atoms with Crippen molar-refractivity contribution in [1.29, 1.82) is 0 Å². The number of carbonyl (C=O) groups excluding carboxylic acids is 1. The van der Waals surface area contributed by atoms with Crippen LogP contribution in [0.2, 0.25) is 0 Å². The van der Waals surface area contributed by atoms with Gasteiger partial charge in [0.15, 0.2) is 0 Å². The van der Waals surface area contributed by atoms with E-state index in [1.807, 2.05) is 31.2 Å². The highest BCUT2D eigenvalue weighted by molar-refractivity contribution is 5.93. The number of fused-ring (bicyclic) bond motifs is 1. The van der Waals surface area contributed by atoms with E-state index in [-0.39, 0.29) is 18.0 Å². The van der Waals surface area contributed by atoms with E-state index in [4.69, 9.17) is 9.26 Å². The molecule has 2 aromatic heterocycles. The lowest BCUT2D eigenvalue weighted by atomic mass is 10.2. The minimum absolute atomic E-state index is 0.187. The predicted molar refractivity (Wildman–Crippen MR) is 107 cm³/mol. The highest BCUT2D eigenvalue weighted by Crippen LogP contribution is 2.20. The molecular weight excluding hydrogens is 374 g/mol. The zero-order valence-electron chi connectivity index (χ0n) is 15.7. The minimum atomic E-state index is -0.289. The minimum Gasteiger partial charge on any atom is -0.494 e. The van der Waals surface area contributed by atoms with Gasteiger partial charge in [-0.2, -0.15) is 4.98 Å². The number of benzene rings is 2. The summed E-state index contributed by atoms with van der Waals surface area (Å²) in [6.07, 6.45) is 0.506. The van der Waals surface area contributed by atoms with Crippen LogP contribution in [0.4, 0.5) is 5.69 Å². The first kappa shape index (κ1) is 18.5. The SMILES string of the molecule is CCOc1ccc(-c2noc(CCC(=O)Nc3ccc4[nH]c(=O)[nH]c4c3)n2)cc1. The number of nitrogens with one attached hydrogen (secondary N) is 3. The molecule has 0 aliphatic heterocycles. The molecule has 0 bridgehead atoms. The summed E-state index contributed by atoms with van der Waals surface area (Å²) in [4.78, 5) is 33.2. The van der Waals surface area contributed by atoms with Gasteiger partial charge in [-0.05, 0) is 49.4 Å². The Bertz CT molecular complexity index is 1190. The molecule has 0 aliphatic rings. The first-order chi connectivity index (χ1) is 14.1. The number of hydrogen-bond donors (Lipinski definition) is 3. The molecule has 0 unspecified atom stereocenters. The molecule has 3 N–H and O–H groups in total. The smallest absolute Gasteiger partial charge is 0.323 e. The van der Waals surface area contributed by atoms with Gasteiger partial charge in [-0.25, -0.2) is 4.79 Å². The maximum atomic E-state index is 12.2. The molecule has 2 heterocycles. The molecule has 4 rings (SSSR count). The molecule has 0 spiro atoms. The van der Waals surface area contributed by atoms with E-state index in [1.54, 1.807) is 18.2 Å². The van der Waals surface area contributed by atoms with Gasteiger partial charge >= 0.3 is 5.69 Å². The van der Waals surface area contributed by atoms with Crippen LogP contribution in [0.5, 0.6) is 5.75 Å². The van der Waals surface area contributed by atoms with E-state index in [0.717, 1.165) is 11.3 Å². The van der Waals surface area contributed by atoms with E-state index >= 15 is 0 Å². The number of aryl methyl sites for hydroxylation is 1. The van der Waals surface area contributed by atoms with Crippen molar-refractivity contribution in [3.63, 3.8) is 0 Å². The third-order valence-electron chi connectivity index (χ3n) is 4.26. The average molecular weight is 393 g/mol. The number of imidazole rings is 1. The second-order valence-electron chi connectivity index (χ2n) is 6.36. The zero-order valence-corrected chi connectivity index (χ0v) is 15.7. The van der Waals surface area contributed by atoms with Gasteiger partial charge in [-0.1, -0.05) is 5.16 Å². The van der Waals surface area contributed by atoms with Crippen molar-refractivity contribution in [1.82, 2.24) is 20.1 Å². The molecule has 0 saturated heterocycles. The second kappa shape index (κ2) is 8.01. The Hall–Kier alpha value is -3.88. The fourth-order valence-electron chi connectivity index (χ4n) is 2.89. The lowest BCUT2D eigenvalue weighted by Gasteiger charge is -2.04. The Morgan fingerprint density at radius 3 is 2.72 bits per heavy atom. The molecule has 0 radical (unpaired) electrons. The highest BCUT2D eigenvalue weighted by atomic mass is 16.5. The van der Waals surface area contributed by atoms with Crippen molar-refractivity contribution in [2.24, 2.45) is 0 Å². The van der Waals surface area contributed by atoms with Gasteiger partial charge in [0.1, 0.15) is 5.75 Å². The van der Waals surface area contributed by atoms with Crippen LogP contribution >= 0.6 is 0 Å². The summed E-state index contributed by atoms with van der Waals surface area (Å²) in [6.45, 7) is 2.53. The highest BCUT2D eigenvalue weighted by Gasteiger charge is 2.11. The number of rotatable bonds is 7. The molecule has 0 fully saturated rings. The van der Waals surface area contributed by atoms with Gasteiger partial charge < -0.3 is 24.5 Å². The molecule has 148 valence electrons. The molecule has 0 aliphatic carbocycles. The number of anilines is 1. The average Bonchev–Trinajstić information content (AvgIpc) is 3.33. The zero-order chi connectivity index (χ0) is 20.2. The van der Waals surface area contributed by atoms with Crippen molar-refractivity contribution in [3.8, 4) is 17.1 Å². The predicted octanol–water partition coefficient (Wildman–Crippen LogP) is 2.88. The Labute approximate surface area is 165 Å². The first-order valence-corrected chi connectivity index (χ1v) is 9.18. The monoisotopic (exact) mass is 393 g/mol. The molecular formula is C20H19N5O4. The Balaban J connectivity index is 1.34. The van der Waals surface area contributed by atoms with Crippen molar-refractivity contribution < 1.29 is 14.1 Å². The van der Waals surface area contributed by atoms with Crippen molar-refractivity contribution in [3.05, 3.63) is 58.8 Å². The van der Waals surface area contributed by atoms with Gasteiger partial charge in [0.05, 0.1) is 17.6 Å². The number of carbonyl (C=O) groups is 1. The number of hydrogen-bond acceptors (Lipinski definition) is 6. The summed E-state index contributed by atoms with van der Waals surface area (Å²) in [7, 11) is 0. The van der Waals surface area contributed by atoms with E-state index in [1.165, 1.54) is 0 Å². The number of H-pyrrole nitrogens is 2. The lowest BCUT2D eigenvalue weighted by Crippen LogP contribution is -2.12. The van der Waals surface area contributed by atoms with Gasteiger partial charge in [0.25, 0.3) is 0 Å². The number of aromatic nitrogens is 4. The Morgan fingerprint density at radius 2 is 1.93 bits per heavy atom.